The van der Waals surface area contributed by atoms with E-state index >= 15 is 0 Å². The van der Waals surface area contributed by atoms with E-state index < -0.39 is 0 Å². The van der Waals surface area contributed by atoms with Gasteiger partial charge in [-0.2, -0.15) is 0 Å². The van der Waals surface area contributed by atoms with Crippen LogP contribution in [0.15, 0.2) is 28.7 Å². The van der Waals surface area contributed by atoms with Crippen molar-refractivity contribution in [3.05, 3.63) is 35.6 Å². The molecule has 114 valence electrons. The Morgan fingerprint density at radius 3 is 2.52 bits per heavy atom. The first kappa shape index (κ1) is 14.6. The number of fused-ring (bicyclic) bond motifs is 1. The molecule has 3 heteroatoms. The number of likely N-dealkylation sites (N-methyl/N-ethyl adjacent to an activating group) is 2. The van der Waals surface area contributed by atoms with Gasteiger partial charge in [-0.05, 0) is 59.1 Å². The van der Waals surface area contributed by atoms with Gasteiger partial charge < -0.3 is 14.6 Å². The van der Waals surface area contributed by atoms with Gasteiger partial charge in [-0.25, -0.2) is 0 Å². The quantitative estimate of drug-likeness (QED) is 0.924. The maximum atomic E-state index is 6.17. The van der Waals surface area contributed by atoms with Crippen molar-refractivity contribution in [1.82, 2.24) is 10.2 Å². The smallest absolute Gasteiger partial charge is 0.134 e. The lowest BCUT2D eigenvalue weighted by Gasteiger charge is -2.42. The number of furan rings is 1. The van der Waals surface area contributed by atoms with Crippen molar-refractivity contribution < 1.29 is 4.42 Å². The summed E-state index contributed by atoms with van der Waals surface area (Å²) in [6.07, 6.45) is 5.05. The lowest BCUT2D eigenvalue weighted by atomic mass is 9.85. The molecule has 1 saturated carbocycles. The zero-order valence-electron chi connectivity index (χ0n) is 13.6. The van der Waals surface area contributed by atoms with Crippen LogP contribution >= 0.6 is 0 Å². The minimum Gasteiger partial charge on any atom is -0.459 e. The van der Waals surface area contributed by atoms with E-state index in [0.717, 1.165) is 11.3 Å². The maximum absolute atomic E-state index is 6.17. The Kier molecular flexibility index (Phi) is 3.80. The average molecular weight is 286 g/mol. The molecule has 1 aliphatic carbocycles. The van der Waals surface area contributed by atoms with Gasteiger partial charge in [0, 0.05) is 10.9 Å². The highest BCUT2D eigenvalue weighted by atomic mass is 16.3. The second-order valence-electron chi connectivity index (χ2n) is 6.62. The zero-order valence-corrected chi connectivity index (χ0v) is 13.6. The van der Waals surface area contributed by atoms with Gasteiger partial charge in [0.15, 0.2) is 0 Å². The second-order valence-corrected chi connectivity index (χ2v) is 6.62. The molecule has 0 saturated heterocycles. The molecule has 3 rings (SSSR count). The number of hydrogen-bond acceptors (Lipinski definition) is 3. The predicted molar refractivity (Wildman–Crippen MR) is 87.6 cm³/mol. The van der Waals surface area contributed by atoms with Crippen LogP contribution in [0.25, 0.3) is 11.0 Å². The third-order valence-electron chi connectivity index (χ3n) is 5.16. The molecule has 1 N–H and O–H groups in total. The number of nitrogens with zero attached hydrogens (tertiary/aromatic N) is 1. The van der Waals surface area contributed by atoms with E-state index in [1.807, 2.05) is 7.05 Å². The van der Waals surface area contributed by atoms with Gasteiger partial charge in [0.2, 0.25) is 0 Å². The summed E-state index contributed by atoms with van der Waals surface area (Å²) in [7, 11) is 6.44. The average Bonchev–Trinajstić information content (AvgIpc) is 3.06. The molecule has 0 amide bonds. The summed E-state index contributed by atoms with van der Waals surface area (Å²) in [6, 6.07) is 8.85. The Morgan fingerprint density at radius 2 is 1.90 bits per heavy atom. The number of benzene rings is 1. The Hall–Kier alpha value is -1.32. The molecule has 1 fully saturated rings. The van der Waals surface area contributed by atoms with Crippen LogP contribution in [0.2, 0.25) is 0 Å². The van der Waals surface area contributed by atoms with E-state index in [2.05, 4.69) is 55.5 Å². The standard InChI is InChI=1S/C18H26N2O/c1-13-7-8-15-14(11-13)12-16(21-15)17(19-2)18(20(3)4)9-5-6-10-18/h7-8,11-12,17,19H,5-6,9-10H2,1-4H3. The van der Waals surface area contributed by atoms with Crippen LogP contribution in [0.4, 0.5) is 0 Å². The van der Waals surface area contributed by atoms with Gasteiger partial charge >= 0.3 is 0 Å². The van der Waals surface area contributed by atoms with Crippen molar-refractivity contribution in [2.24, 2.45) is 0 Å². The van der Waals surface area contributed by atoms with Crippen LogP contribution < -0.4 is 5.32 Å². The largest absolute Gasteiger partial charge is 0.459 e. The summed E-state index contributed by atoms with van der Waals surface area (Å²) in [4.78, 5) is 2.39. The number of aryl methyl sites for hydroxylation is 1. The molecule has 1 aliphatic rings. The normalized spacial score (nSPS) is 19.5. The predicted octanol–water partition coefficient (Wildman–Crippen LogP) is 3.88. The molecule has 0 radical (unpaired) electrons. The number of hydrogen-bond donors (Lipinski definition) is 1. The fourth-order valence-electron chi connectivity index (χ4n) is 3.98. The first-order valence-electron chi connectivity index (χ1n) is 7.91. The summed E-state index contributed by atoms with van der Waals surface area (Å²) in [6.45, 7) is 2.12. The molecule has 0 aliphatic heterocycles. The van der Waals surface area contributed by atoms with Crippen molar-refractivity contribution >= 4 is 11.0 Å². The van der Waals surface area contributed by atoms with Gasteiger partial charge in [0.25, 0.3) is 0 Å². The van der Waals surface area contributed by atoms with Gasteiger partial charge in [-0.1, -0.05) is 24.5 Å². The lowest BCUT2D eigenvalue weighted by molar-refractivity contribution is 0.0982. The highest BCUT2D eigenvalue weighted by Crippen LogP contribution is 2.44. The van der Waals surface area contributed by atoms with E-state index in [9.17, 15) is 0 Å². The maximum Gasteiger partial charge on any atom is 0.134 e. The molecule has 1 aromatic heterocycles. The lowest BCUT2D eigenvalue weighted by Crippen LogP contribution is -2.51. The summed E-state index contributed by atoms with van der Waals surface area (Å²) in [5.41, 5.74) is 2.43. The Bertz CT molecular complexity index is 623. The first-order chi connectivity index (χ1) is 10.1. The summed E-state index contributed by atoms with van der Waals surface area (Å²) >= 11 is 0. The molecule has 0 bridgehead atoms. The van der Waals surface area contributed by atoms with Gasteiger partial charge in [0.1, 0.15) is 11.3 Å². The first-order valence-corrected chi connectivity index (χ1v) is 7.91. The van der Waals surface area contributed by atoms with Gasteiger partial charge in [0.05, 0.1) is 6.04 Å². The zero-order chi connectivity index (χ0) is 15.0. The third-order valence-corrected chi connectivity index (χ3v) is 5.16. The monoisotopic (exact) mass is 286 g/mol. The molecule has 3 nitrogen and oxygen atoms in total. The fourth-order valence-corrected chi connectivity index (χ4v) is 3.98. The highest BCUT2D eigenvalue weighted by molar-refractivity contribution is 5.78. The Balaban J connectivity index is 2.04. The molecule has 1 unspecified atom stereocenters. The Morgan fingerprint density at radius 1 is 1.19 bits per heavy atom. The molecule has 0 spiro atoms. The number of rotatable bonds is 4. The van der Waals surface area contributed by atoms with Crippen LogP contribution in [0.3, 0.4) is 0 Å². The minimum absolute atomic E-state index is 0.164. The van der Waals surface area contributed by atoms with Crippen LogP contribution in [-0.4, -0.2) is 31.6 Å². The van der Waals surface area contributed by atoms with E-state index in [1.165, 1.54) is 36.6 Å². The van der Waals surface area contributed by atoms with E-state index in [0.29, 0.717) is 0 Å². The molecule has 21 heavy (non-hydrogen) atoms. The van der Waals surface area contributed by atoms with E-state index in [4.69, 9.17) is 4.42 Å². The van der Waals surface area contributed by atoms with Crippen LogP contribution in [0, 0.1) is 6.92 Å². The summed E-state index contributed by atoms with van der Waals surface area (Å²) in [5, 5.41) is 4.73. The van der Waals surface area contributed by atoms with Crippen molar-refractivity contribution in [1.29, 1.82) is 0 Å². The van der Waals surface area contributed by atoms with Crippen LogP contribution in [-0.2, 0) is 0 Å². The van der Waals surface area contributed by atoms with Crippen LogP contribution in [0.5, 0.6) is 0 Å². The Labute approximate surface area is 127 Å². The van der Waals surface area contributed by atoms with Crippen molar-refractivity contribution in [3.63, 3.8) is 0 Å². The van der Waals surface area contributed by atoms with Crippen molar-refractivity contribution in [3.8, 4) is 0 Å². The molecule has 2 aromatic rings. The molecule has 1 atom stereocenters. The van der Waals surface area contributed by atoms with Gasteiger partial charge in [-0.15, -0.1) is 0 Å². The summed E-state index contributed by atoms with van der Waals surface area (Å²) in [5.74, 6) is 1.06. The SMILES string of the molecule is CNC(c1cc2cc(C)ccc2o1)C1(N(C)C)CCCC1. The molecular formula is C18H26N2O. The molecule has 1 heterocycles. The van der Waals surface area contributed by atoms with Crippen molar-refractivity contribution in [2.45, 2.75) is 44.2 Å². The second kappa shape index (κ2) is 5.47. The topological polar surface area (TPSA) is 28.4 Å². The minimum atomic E-state index is 0.164. The van der Waals surface area contributed by atoms with E-state index in [1.54, 1.807) is 0 Å². The van der Waals surface area contributed by atoms with E-state index in [-0.39, 0.29) is 11.6 Å². The highest BCUT2D eigenvalue weighted by Gasteiger charge is 2.44. The molecular weight excluding hydrogens is 260 g/mol. The summed E-state index contributed by atoms with van der Waals surface area (Å²) < 4.78 is 6.17. The third kappa shape index (κ3) is 2.39. The van der Waals surface area contributed by atoms with Crippen molar-refractivity contribution in [2.75, 3.05) is 21.1 Å². The van der Waals surface area contributed by atoms with Crippen LogP contribution in [0.1, 0.15) is 43.0 Å². The number of nitrogens with one attached hydrogen (secondary N) is 1. The van der Waals surface area contributed by atoms with Gasteiger partial charge in [-0.3, -0.25) is 0 Å². The fraction of sp³-hybridized carbons (Fsp3) is 0.556. The molecule has 1 aromatic carbocycles.